The minimum atomic E-state index is -0.741. The van der Waals surface area contributed by atoms with Gasteiger partial charge in [-0.2, -0.15) is 0 Å². The largest absolute Gasteiger partial charge is 0.481 e. The Bertz CT molecular complexity index is 711. The molecule has 4 heteroatoms. The van der Waals surface area contributed by atoms with Crippen molar-refractivity contribution in [3.05, 3.63) is 42.0 Å². The first-order chi connectivity index (χ1) is 9.93. The van der Waals surface area contributed by atoms with Crippen LogP contribution in [-0.2, 0) is 10.2 Å². The van der Waals surface area contributed by atoms with Crippen LogP contribution in [0.5, 0.6) is 0 Å². The molecule has 3 nitrogen and oxygen atoms in total. The third-order valence-corrected chi connectivity index (χ3v) is 4.94. The van der Waals surface area contributed by atoms with E-state index in [2.05, 4.69) is 62.1 Å². The van der Waals surface area contributed by atoms with Gasteiger partial charge in [0.2, 0.25) is 0 Å². The van der Waals surface area contributed by atoms with Crippen LogP contribution in [0.15, 0.2) is 36.4 Å². The molecule has 0 saturated heterocycles. The Balaban J connectivity index is 0.00000176. The molecule has 1 aliphatic rings. The summed E-state index contributed by atoms with van der Waals surface area (Å²) < 4.78 is 0. The standard InChI is InChI=1S/C18H21NO2.BrH/c1-12-18(2,3)17-14-7-5-4-6-13(14)8-9-15(17)19(12)11-10-16(20)21;/h4-9,12H,10-11H2,1-3H3,(H,20,21);1H. The summed E-state index contributed by atoms with van der Waals surface area (Å²) in [7, 11) is 0. The van der Waals surface area contributed by atoms with E-state index in [1.54, 1.807) is 0 Å². The van der Waals surface area contributed by atoms with Gasteiger partial charge in [0.05, 0.1) is 6.42 Å². The number of hydrogen-bond donors (Lipinski definition) is 1. The Morgan fingerprint density at radius 3 is 2.59 bits per heavy atom. The molecule has 0 aromatic heterocycles. The highest BCUT2D eigenvalue weighted by molar-refractivity contribution is 8.93. The van der Waals surface area contributed by atoms with Crippen molar-refractivity contribution in [1.82, 2.24) is 0 Å². The van der Waals surface area contributed by atoms with Crippen molar-refractivity contribution in [2.45, 2.75) is 38.6 Å². The predicted octanol–water partition coefficient (Wildman–Crippen LogP) is 4.38. The Kier molecular flexibility index (Phi) is 4.52. The van der Waals surface area contributed by atoms with Crippen molar-refractivity contribution in [3.63, 3.8) is 0 Å². The summed E-state index contributed by atoms with van der Waals surface area (Å²) >= 11 is 0. The minimum Gasteiger partial charge on any atom is -0.481 e. The second-order valence-corrected chi connectivity index (χ2v) is 6.42. The average Bonchev–Trinajstić information content (AvgIpc) is 2.65. The van der Waals surface area contributed by atoms with E-state index in [1.807, 2.05) is 0 Å². The Morgan fingerprint density at radius 2 is 1.91 bits per heavy atom. The molecule has 0 amide bonds. The lowest BCUT2D eigenvalue weighted by Gasteiger charge is -2.31. The van der Waals surface area contributed by atoms with Gasteiger partial charge in [0.1, 0.15) is 0 Å². The van der Waals surface area contributed by atoms with Gasteiger partial charge in [-0.05, 0) is 29.3 Å². The van der Waals surface area contributed by atoms with Crippen LogP contribution in [0.4, 0.5) is 5.69 Å². The highest BCUT2D eigenvalue weighted by Gasteiger charge is 2.42. The first-order valence-corrected chi connectivity index (χ1v) is 7.43. The summed E-state index contributed by atoms with van der Waals surface area (Å²) in [5, 5.41) is 11.5. The van der Waals surface area contributed by atoms with Crippen LogP contribution in [0.3, 0.4) is 0 Å². The van der Waals surface area contributed by atoms with E-state index < -0.39 is 5.97 Å². The molecule has 118 valence electrons. The fourth-order valence-electron chi connectivity index (χ4n) is 3.51. The Labute approximate surface area is 141 Å². The van der Waals surface area contributed by atoms with Crippen molar-refractivity contribution in [2.24, 2.45) is 0 Å². The maximum Gasteiger partial charge on any atom is 0.305 e. The van der Waals surface area contributed by atoms with Crippen LogP contribution >= 0.6 is 17.0 Å². The number of benzene rings is 2. The first-order valence-electron chi connectivity index (χ1n) is 7.43. The number of nitrogens with zero attached hydrogens (tertiary/aromatic N) is 1. The minimum absolute atomic E-state index is 0. The summed E-state index contributed by atoms with van der Waals surface area (Å²) in [6, 6.07) is 13.0. The van der Waals surface area contributed by atoms with Crippen LogP contribution < -0.4 is 4.90 Å². The predicted molar refractivity (Wildman–Crippen MR) is 96.4 cm³/mol. The van der Waals surface area contributed by atoms with E-state index in [9.17, 15) is 4.79 Å². The van der Waals surface area contributed by atoms with Gasteiger partial charge in [-0.1, -0.05) is 44.2 Å². The summed E-state index contributed by atoms with van der Waals surface area (Å²) in [4.78, 5) is 13.2. The molecule has 1 heterocycles. The summed E-state index contributed by atoms with van der Waals surface area (Å²) in [6.07, 6.45) is 0.173. The molecule has 0 fully saturated rings. The summed E-state index contributed by atoms with van der Waals surface area (Å²) in [5.41, 5.74) is 2.54. The van der Waals surface area contributed by atoms with Crippen LogP contribution in [-0.4, -0.2) is 23.7 Å². The van der Waals surface area contributed by atoms with Gasteiger partial charge in [0.25, 0.3) is 0 Å². The van der Waals surface area contributed by atoms with Crippen molar-refractivity contribution >= 4 is 39.4 Å². The fraction of sp³-hybridized carbons (Fsp3) is 0.389. The molecule has 0 spiro atoms. The highest BCUT2D eigenvalue weighted by Crippen LogP contribution is 2.48. The molecule has 1 unspecified atom stereocenters. The fourth-order valence-corrected chi connectivity index (χ4v) is 3.51. The van der Waals surface area contributed by atoms with Crippen LogP contribution in [0, 0.1) is 0 Å². The number of halogens is 1. The molecule has 22 heavy (non-hydrogen) atoms. The number of anilines is 1. The molecule has 0 aliphatic carbocycles. The van der Waals surface area contributed by atoms with Gasteiger partial charge < -0.3 is 10.0 Å². The van der Waals surface area contributed by atoms with E-state index >= 15 is 0 Å². The van der Waals surface area contributed by atoms with Crippen molar-refractivity contribution in [3.8, 4) is 0 Å². The maximum atomic E-state index is 10.9. The molecular formula is C18H22BrNO2. The normalized spacial score (nSPS) is 18.9. The van der Waals surface area contributed by atoms with Gasteiger partial charge >= 0.3 is 5.97 Å². The van der Waals surface area contributed by atoms with Gasteiger partial charge in [-0.3, -0.25) is 4.79 Å². The number of rotatable bonds is 3. The second kappa shape index (κ2) is 5.92. The van der Waals surface area contributed by atoms with Gasteiger partial charge in [-0.25, -0.2) is 0 Å². The second-order valence-electron chi connectivity index (χ2n) is 6.42. The summed E-state index contributed by atoms with van der Waals surface area (Å²) in [6.45, 7) is 7.26. The molecule has 1 N–H and O–H groups in total. The number of carboxylic acids is 1. The molecule has 1 atom stereocenters. The monoisotopic (exact) mass is 363 g/mol. The molecule has 2 aromatic carbocycles. The third-order valence-electron chi connectivity index (χ3n) is 4.94. The average molecular weight is 364 g/mol. The quantitative estimate of drug-likeness (QED) is 0.879. The lowest BCUT2D eigenvalue weighted by molar-refractivity contribution is -0.136. The number of carbonyl (C=O) groups is 1. The molecule has 0 bridgehead atoms. The molecule has 3 rings (SSSR count). The zero-order valence-corrected chi connectivity index (χ0v) is 14.9. The number of aliphatic carboxylic acids is 1. The maximum absolute atomic E-state index is 10.9. The van der Waals surface area contributed by atoms with Crippen molar-refractivity contribution in [1.29, 1.82) is 0 Å². The van der Waals surface area contributed by atoms with E-state index in [4.69, 9.17) is 5.11 Å². The topological polar surface area (TPSA) is 40.5 Å². The third kappa shape index (κ3) is 2.50. The molecular weight excluding hydrogens is 342 g/mol. The van der Waals surface area contributed by atoms with Gasteiger partial charge in [0.15, 0.2) is 0 Å². The van der Waals surface area contributed by atoms with E-state index in [0.29, 0.717) is 6.54 Å². The molecule has 0 saturated carbocycles. The van der Waals surface area contributed by atoms with Gasteiger partial charge in [0, 0.05) is 23.7 Å². The van der Waals surface area contributed by atoms with Crippen molar-refractivity contribution in [2.75, 3.05) is 11.4 Å². The lowest BCUT2D eigenvalue weighted by atomic mass is 9.79. The zero-order valence-electron chi connectivity index (χ0n) is 13.2. The molecule has 1 aliphatic heterocycles. The molecule has 2 aromatic rings. The van der Waals surface area contributed by atoms with E-state index in [0.717, 1.165) is 0 Å². The van der Waals surface area contributed by atoms with E-state index in [1.165, 1.54) is 22.0 Å². The lowest BCUT2D eigenvalue weighted by Crippen LogP contribution is -2.40. The van der Waals surface area contributed by atoms with Crippen LogP contribution in [0.2, 0.25) is 0 Å². The number of carboxylic acid groups (broad SMARTS) is 1. The Hall–Kier alpha value is -1.55. The molecule has 0 radical (unpaired) electrons. The zero-order chi connectivity index (χ0) is 15.2. The van der Waals surface area contributed by atoms with E-state index in [-0.39, 0.29) is 34.9 Å². The first kappa shape index (κ1) is 16.8. The Morgan fingerprint density at radius 1 is 1.23 bits per heavy atom. The highest BCUT2D eigenvalue weighted by atomic mass is 79.9. The van der Waals surface area contributed by atoms with Crippen LogP contribution in [0.1, 0.15) is 32.8 Å². The number of fused-ring (bicyclic) bond motifs is 3. The summed E-state index contributed by atoms with van der Waals surface area (Å²) in [5.74, 6) is -0.741. The number of hydrogen-bond acceptors (Lipinski definition) is 2. The smallest absolute Gasteiger partial charge is 0.305 e. The van der Waals surface area contributed by atoms with Crippen LogP contribution in [0.25, 0.3) is 10.8 Å². The van der Waals surface area contributed by atoms with Crippen molar-refractivity contribution < 1.29 is 9.90 Å². The van der Waals surface area contributed by atoms with Gasteiger partial charge in [-0.15, -0.1) is 17.0 Å². The SMILES string of the molecule is Br.CC1N(CCC(=O)O)c2ccc3ccccc3c2C1(C)C.